The van der Waals surface area contributed by atoms with Gasteiger partial charge in [0.2, 0.25) is 0 Å². The second-order valence-electron chi connectivity index (χ2n) is 2.75. The van der Waals surface area contributed by atoms with Crippen LogP contribution in [0.1, 0.15) is 0 Å². The first-order valence-corrected chi connectivity index (χ1v) is 5.16. The maximum Gasteiger partial charge on any atom is 0.173 e. The molecule has 2 fully saturated rings. The van der Waals surface area contributed by atoms with Crippen LogP contribution in [0.15, 0.2) is 0 Å². The van der Waals surface area contributed by atoms with Crippen molar-refractivity contribution in [3.8, 4) is 0 Å². The van der Waals surface area contributed by atoms with Crippen molar-refractivity contribution < 1.29 is 9.47 Å². The SMILES string of the molecule is C1CSCC(C2OCCO2)N1. The second-order valence-corrected chi connectivity index (χ2v) is 3.90. The van der Waals surface area contributed by atoms with Gasteiger partial charge >= 0.3 is 0 Å². The van der Waals surface area contributed by atoms with Crippen LogP contribution in [-0.4, -0.2) is 43.6 Å². The molecule has 0 radical (unpaired) electrons. The van der Waals surface area contributed by atoms with Gasteiger partial charge in [0, 0.05) is 18.1 Å². The Morgan fingerprint density at radius 3 is 2.73 bits per heavy atom. The fraction of sp³-hybridized carbons (Fsp3) is 1.00. The molecular formula is C7H13NO2S. The molecule has 0 bridgehead atoms. The summed E-state index contributed by atoms with van der Waals surface area (Å²) >= 11 is 1.97. The third kappa shape index (κ3) is 1.87. The monoisotopic (exact) mass is 175 g/mol. The van der Waals surface area contributed by atoms with E-state index in [1.54, 1.807) is 0 Å². The Morgan fingerprint density at radius 1 is 1.27 bits per heavy atom. The van der Waals surface area contributed by atoms with E-state index in [1.807, 2.05) is 11.8 Å². The van der Waals surface area contributed by atoms with E-state index < -0.39 is 0 Å². The molecule has 2 rings (SSSR count). The molecule has 2 saturated heterocycles. The minimum Gasteiger partial charge on any atom is -0.349 e. The van der Waals surface area contributed by atoms with Crippen molar-refractivity contribution >= 4 is 11.8 Å². The van der Waals surface area contributed by atoms with Crippen LogP contribution in [0.5, 0.6) is 0 Å². The molecule has 1 unspecified atom stereocenters. The van der Waals surface area contributed by atoms with Crippen LogP contribution in [0.4, 0.5) is 0 Å². The first-order valence-electron chi connectivity index (χ1n) is 4.01. The molecule has 2 aliphatic heterocycles. The van der Waals surface area contributed by atoms with E-state index in [4.69, 9.17) is 9.47 Å². The summed E-state index contributed by atoms with van der Waals surface area (Å²) in [6.45, 7) is 2.60. The second kappa shape index (κ2) is 3.76. The van der Waals surface area contributed by atoms with Gasteiger partial charge in [0.1, 0.15) is 0 Å². The average molecular weight is 175 g/mol. The Bertz CT molecular complexity index is 122. The molecule has 1 atom stereocenters. The number of ether oxygens (including phenoxy) is 2. The fourth-order valence-electron chi connectivity index (χ4n) is 1.37. The van der Waals surface area contributed by atoms with Crippen molar-refractivity contribution in [2.45, 2.75) is 12.3 Å². The minimum atomic E-state index is 0.0165. The average Bonchev–Trinajstić information content (AvgIpc) is 2.58. The lowest BCUT2D eigenvalue weighted by Gasteiger charge is -2.26. The lowest BCUT2D eigenvalue weighted by atomic mass is 10.3. The Labute approximate surface area is 70.8 Å². The summed E-state index contributed by atoms with van der Waals surface area (Å²) in [6, 6.07) is 0.413. The summed E-state index contributed by atoms with van der Waals surface area (Å²) in [5.41, 5.74) is 0. The number of rotatable bonds is 1. The molecule has 0 aromatic carbocycles. The van der Waals surface area contributed by atoms with E-state index in [1.165, 1.54) is 5.75 Å². The van der Waals surface area contributed by atoms with Gasteiger partial charge in [-0.05, 0) is 0 Å². The highest BCUT2D eigenvalue weighted by Gasteiger charge is 2.27. The zero-order chi connectivity index (χ0) is 7.52. The minimum absolute atomic E-state index is 0.0165. The van der Waals surface area contributed by atoms with Crippen molar-refractivity contribution in [3.63, 3.8) is 0 Å². The van der Waals surface area contributed by atoms with Crippen molar-refractivity contribution in [2.75, 3.05) is 31.3 Å². The van der Waals surface area contributed by atoms with Crippen LogP contribution in [0, 0.1) is 0 Å². The molecular weight excluding hydrogens is 162 g/mol. The van der Waals surface area contributed by atoms with Crippen LogP contribution < -0.4 is 5.32 Å². The largest absolute Gasteiger partial charge is 0.349 e. The zero-order valence-electron chi connectivity index (χ0n) is 6.41. The van der Waals surface area contributed by atoms with Crippen LogP contribution in [0.3, 0.4) is 0 Å². The molecule has 64 valence electrons. The van der Waals surface area contributed by atoms with E-state index in [9.17, 15) is 0 Å². The Morgan fingerprint density at radius 2 is 2.09 bits per heavy atom. The quantitative estimate of drug-likeness (QED) is 0.610. The molecule has 4 heteroatoms. The Hall–Kier alpha value is 0.230. The molecule has 1 N–H and O–H groups in total. The zero-order valence-corrected chi connectivity index (χ0v) is 7.23. The molecule has 0 saturated carbocycles. The van der Waals surface area contributed by atoms with Crippen molar-refractivity contribution in [1.82, 2.24) is 5.32 Å². The van der Waals surface area contributed by atoms with Crippen molar-refractivity contribution in [1.29, 1.82) is 0 Å². The molecule has 3 nitrogen and oxygen atoms in total. The highest BCUT2D eigenvalue weighted by atomic mass is 32.2. The summed E-state index contributed by atoms with van der Waals surface area (Å²) < 4.78 is 10.8. The smallest absolute Gasteiger partial charge is 0.173 e. The van der Waals surface area contributed by atoms with Crippen LogP contribution in [0.2, 0.25) is 0 Å². The fourth-order valence-corrected chi connectivity index (χ4v) is 2.33. The van der Waals surface area contributed by atoms with Gasteiger partial charge in [-0.2, -0.15) is 11.8 Å². The summed E-state index contributed by atoms with van der Waals surface area (Å²) in [4.78, 5) is 0. The summed E-state index contributed by atoms with van der Waals surface area (Å²) in [5.74, 6) is 2.33. The van der Waals surface area contributed by atoms with Gasteiger partial charge in [0.25, 0.3) is 0 Å². The Balaban J connectivity index is 1.82. The summed E-state index contributed by atoms with van der Waals surface area (Å²) in [5, 5.41) is 3.39. The Kier molecular flexibility index (Phi) is 2.68. The molecule has 0 amide bonds. The number of hydrogen-bond donors (Lipinski definition) is 1. The van der Waals surface area contributed by atoms with E-state index in [-0.39, 0.29) is 6.29 Å². The third-order valence-electron chi connectivity index (χ3n) is 1.93. The summed E-state index contributed by atoms with van der Waals surface area (Å²) in [6.07, 6.45) is 0.0165. The number of hydrogen-bond acceptors (Lipinski definition) is 4. The molecule has 2 aliphatic rings. The van der Waals surface area contributed by atoms with E-state index in [0.717, 1.165) is 25.5 Å². The van der Waals surface area contributed by atoms with Gasteiger partial charge in [-0.1, -0.05) is 0 Å². The van der Waals surface area contributed by atoms with Crippen LogP contribution >= 0.6 is 11.8 Å². The van der Waals surface area contributed by atoms with E-state index >= 15 is 0 Å². The van der Waals surface area contributed by atoms with Crippen molar-refractivity contribution in [3.05, 3.63) is 0 Å². The van der Waals surface area contributed by atoms with Gasteiger partial charge in [-0.3, -0.25) is 0 Å². The highest BCUT2D eigenvalue weighted by Crippen LogP contribution is 2.16. The molecule has 0 aromatic rings. The predicted octanol–water partition coefficient (Wildman–Crippen LogP) is 0.0643. The lowest BCUT2D eigenvalue weighted by molar-refractivity contribution is -0.0620. The van der Waals surface area contributed by atoms with Gasteiger partial charge in [0.15, 0.2) is 6.29 Å². The maximum absolute atomic E-state index is 5.39. The maximum atomic E-state index is 5.39. The first-order chi connectivity index (χ1) is 5.47. The molecule has 2 heterocycles. The third-order valence-corrected chi connectivity index (χ3v) is 3.01. The summed E-state index contributed by atoms with van der Waals surface area (Å²) in [7, 11) is 0. The standard InChI is InChI=1S/C7H13NO2S/c1-4-11-5-6(8-1)7-9-2-3-10-7/h6-8H,1-5H2. The topological polar surface area (TPSA) is 30.5 Å². The molecule has 0 aromatic heterocycles. The number of nitrogens with one attached hydrogen (secondary N) is 1. The van der Waals surface area contributed by atoms with Crippen molar-refractivity contribution in [2.24, 2.45) is 0 Å². The molecule has 0 aliphatic carbocycles. The van der Waals surface area contributed by atoms with Gasteiger partial charge in [0.05, 0.1) is 19.3 Å². The van der Waals surface area contributed by atoms with Crippen LogP contribution in [-0.2, 0) is 9.47 Å². The van der Waals surface area contributed by atoms with Gasteiger partial charge in [-0.25, -0.2) is 0 Å². The highest BCUT2D eigenvalue weighted by molar-refractivity contribution is 7.99. The normalized spacial score (nSPS) is 34.4. The van der Waals surface area contributed by atoms with E-state index in [2.05, 4.69) is 5.32 Å². The van der Waals surface area contributed by atoms with Gasteiger partial charge in [-0.15, -0.1) is 0 Å². The lowest BCUT2D eigenvalue weighted by Crippen LogP contribution is -2.46. The van der Waals surface area contributed by atoms with Crippen LogP contribution in [0.25, 0.3) is 0 Å². The van der Waals surface area contributed by atoms with Gasteiger partial charge < -0.3 is 14.8 Å². The molecule has 11 heavy (non-hydrogen) atoms. The number of thioether (sulfide) groups is 1. The van der Waals surface area contributed by atoms with E-state index in [0.29, 0.717) is 6.04 Å². The predicted molar refractivity (Wildman–Crippen MR) is 44.8 cm³/mol. The first kappa shape index (κ1) is 7.86. The molecule has 0 spiro atoms.